The Morgan fingerprint density at radius 2 is 1.83 bits per heavy atom. The molecule has 158 valence electrons. The molecule has 3 rings (SSSR count). The lowest BCUT2D eigenvalue weighted by molar-refractivity contribution is -0.152. The SMILES string of the molecule is CSCCC(C(=O)OCC(=O)NC1(C#N)CCCC1)N1C(=O)c2ccccc2C1=O. The maximum absolute atomic E-state index is 12.7. The van der Waals surface area contributed by atoms with E-state index in [0.29, 0.717) is 18.6 Å². The first-order valence-corrected chi connectivity index (χ1v) is 11.2. The second-order valence-corrected chi connectivity index (χ2v) is 8.37. The first kappa shape index (κ1) is 21.8. The van der Waals surface area contributed by atoms with Crippen molar-refractivity contribution >= 4 is 35.5 Å². The van der Waals surface area contributed by atoms with Crippen LogP contribution in [0.25, 0.3) is 0 Å². The molecule has 1 aromatic carbocycles. The zero-order chi connectivity index (χ0) is 21.7. The van der Waals surface area contributed by atoms with Gasteiger partial charge in [-0.15, -0.1) is 0 Å². The molecular weight excluding hydrogens is 406 g/mol. The van der Waals surface area contributed by atoms with Crippen molar-refractivity contribution in [1.82, 2.24) is 10.2 Å². The molecule has 0 radical (unpaired) electrons. The van der Waals surface area contributed by atoms with Crippen LogP contribution in [0.3, 0.4) is 0 Å². The fourth-order valence-corrected chi connectivity index (χ4v) is 4.31. The van der Waals surface area contributed by atoms with Crippen LogP contribution in [-0.2, 0) is 14.3 Å². The second kappa shape index (κ2) is 9.30. The molecule has 1 aliphatic carbocycles. The smallest absolute Gasteiger partial charge is 0.329 e. The molecule has 0 spiro atoms. The van der Waals surface area contributed by atoms with E-state index in [9.17, 15) is 24.4 Å². The van der Waals surface area contributed by atoms with Crippen LogP contribution in [0.4, 0.5) is 0 Å². The van der Waals surface area contributed by atoms with E-state index in [1.165, 1.54) is 11.8 Å². The Kier molecular flexibility index (Phi) is 6.77. The van der Waals surface area contributed by atoms with Gasteiger partial charge in [0.05, 0.1) is 17.2 Å². The van der Waals surface area contributed by atoms with Crippen molar-refractivity contribution in [2.24, 2.45) is 0 Å². The van der Waals surface area contributed by atoms with Crippen molar-refractivity contribution in [3.63, 3.8) is 0 Å². The Morgan fingerprint density at radius 1 is 1.23 bits per heavy atom. The summed E-state index contributed by atoms with van der Waals surface area (Å²) < 4.78 is 5.15. The van der Waals surface area contributed by atoms with Crippen LogP contribution < -0.4 is 5.32 Å². The van der Waals surface area contributed by atoms with Crippen LogP contribution in [-0.4, -0.2) is 58.8 Å². The van der Waals surface area contributed by atoms with E-state index in [2.05, 4.69) is 11.4 Å². The number of rotatable bonds is 8. The number of nitrogens with one attached hydrogen (secondary N) is 1. The summed E-state index contributed by atoms with van der Waals surface area (Å²) in [5.41, 5.74) is -0.414. The second-order valence-electron chi connectivity index (χ2n) is 7.38. The maximum atomic E-state index is 12.7. The van der Waals surface area contributed by atoms with E-state index in [4.69, 9.17) is 4.74 Å². The van der Waals surface area contributed by atoms with Crippen LogP contribution in [0.5, 0.6) is 0 Å². The molecule has 0 aromatic heterocycles. The lowest BCUT2D eigenvalue weighted by Gasteiger charge is -2.25. The quantitative estimate of drug-likeness (QED) is 0.495. The van der Waals surface area contributed by atoms with Crippen molar-refractivity contribution in [1.29, 1.82) is 5.26 Å². The first-order chi connectivity index (χ1) is 14.4. The number of imide groups is 1. The number of nitrogens with zero attached hydrogens (tertiary/aromatic N) is 2. The fourth-order valence-electron chi connectivity index (χ4n) is 3.85. The third-order valence-electron chi connectivity index (χ3n) is 5.40. The molecule has 1 fully saturated rings. The summed E-state index contributed by atoms with van der Waals surface area (Å²) in [5.74, 6) is -1.95. The molecule has 1 heterocycles. The van der Waals surface area contributed by atoms with Gasteiger partial charge in [0.15, 0.2) is 6.61 Å². The Bertz CT molecular complexity index is 869. The fraction of sp³-hybridized carbons (Fsp3) is 0.476. The van der Waals surface area contributed by atoms with Gasteiger partial charge in [-0.3, -0.25) is 19.3 Å². The zero-order valence-electron chi connectivity index (χ0n) is 16.7. The molecule has 1 atom stereocenters. The highest BCUT2D eigenvalue weighted by Crippen LogP contribution is 2.29. The van der Waals surface area contributed by atoms with Crippen LogP contribution in [0.1, 0.15) is 52.8 Å². The van der Waals surface area contributed by atoms with Crippen molar-refractivity contribution in [2.75, 3.05) is 18.6 Å². The molecule has 1 unspecified atom stereocenters. The summed E-state index contributed by atoms with van der Waals surface area (Å²) >= 11 is 1.47. The van der Waals surface area contributed by atoms with E-state index in [1.807, 2.05) is 6.26 Å². The number of benzene rings is 1. The summed E-state index contributed by atoms with van der Waals surface area (Å²) in [5, 5.41) is 12.0. The highest BCUT2D eigenvalue weighted by molar-refractivity contribution is 7.98. The molecule has 3 amide bonds. The molecule has 30 heavy (non-hydrogen) atoms. The van der Waals surface area contributed by atoms with E-state index >= 15 is 0 Å². The van der Waals surface area contributed by atoms with Gasteiger partial charge in [0, 0.05) is 0 Å². The Balaban J connectivity index is 1.68. The molecule has 1 aromatic rings. The van der Waals surface area contributed by atoms with Gasteiger partial charge in [-0.25, -0.2) is 4.79 Å². The lowest BCUT2D eigenvalue weighted by Crippen LogP contribution is -2.49. The molecule has 0 bridgehead atoms. The van der Waals surface area contributed by atoms with Gasteiger partial charge in [0.2, 0.25) is 0 Å². The Hall–Kier alpha value is -2.86. The molecule has 1 N–H and O–H groups in total. The van der Waals surface area contributed by atoms with Gasteiger partial charge in [0.25, 0.3) is 17.7 Å². The number of hydrogen-bond acceptors (Lipinski definition) is 7. The molecule has 1 saturated carbocycles. The normalized spacial score (nSPS) is 17.9. The number of nitriles is 1. The van der Waals surface area contributed by atoms with E-state index in [-0.39, 0.29) is 17.5 Å². The third kappa shape index (κ3) is 4.33. The van der Waals surface area contributed by atoms with Gasteiger partial charge >= 0.3 is 5.97 Å². The summed E-state index contributed by atoms with van der Waals surface area (Å²) in [4.78, 5) is 51.4. The van der Waals surface area contributed by atoms with Crippen LogP contribution in [0.2, 0.25) is 0 Å². The lowest BCUT2D eigenvalue weighted by atomic mass is 10.00. The Labute approximate surface area is 178 Å². The van der Waals surface area contributed by atoms with Crippen LogP contribution in [0.15, 0.2) is 24.3 Å². The van der Waals surface area contributed by atoms with Crippen LogP contribution >= 0.6 is 11.8 Å². The van der Waals surface area contributed by atoms with Gasteiger partial charge in [-0.05, 0) is 56.2 Å². The molecule has 8 nitrogen and oxygen atoms in total. The molecular formula is C21H23N3O5S. The van der Waals surface area contributed by atoms with E-state index in [1.54, 1.807) is 24.3 Å². The maximum Gasteiger partial charge on any atom is 0.329 e. The average Bonchev–Trinajstić information content (AvgIpc) is 3.31. The minimum absolute atomic E-state index is 0.217. The minimum atomic E-state index is -1.12. The number of carbonyl (C=O) groups excluding carboxylic acids is 4. The molecule has 1 aliphatic heterocycles. The summed E-state index contributed by atoms with van der Waals surface area (Å²) in [6.45, 7) is -0.568. The van der Waals surface area contributed by atoms with Gasteiger partial charge in [0.1, 0.15) is 11.6 Å². The monoisotopic (exact) mass is 429 g/mol. The average molecular weight is 429 g/mol. The van der Waals surface area contributed by atoms with Gasteiger partial charge in [-0.2, -0.15) is 17.0 Å². The van der Waals surface area contributed by atoms with E-state index in [0.717, 1.165) is 17.7 Å². The number of ether oxygens (including phenoxy) is 1. The summed E-state index contributed by atoms with van der Waals surface area (Å²) in [6, 6.07) is 7.42. The molecule has 2 aliphatic rings. The third-order valence-corrected chi connectivity index (χ3v) is 6.04. The number of thioether (sulfide) groups is 1. The van der Waals surface area contributed by atoms with Gasteiger partial charge in [-0.1, -0.05) is 12.1 Å². The van der Waals surface area contributed by atoms with Crippen LogP contribution in [0, 0.1) is 11.3 Å². The van der Waals surface area contributed by atoms with Gasteiger partial charge < -0.3 is 10.1 Å². The molecule has 0 saturated heterocycles. The van der Waals surface area contributed by atoms with E-state index < -0.39 is 41.9 Å². The summed E-state index contributed by atoms with van der Waals surface area (Å²) in [7, 11) is 0. The van der Waals surface area contributed by atoms with Crippen molar-refractivity contribution in [3.05, 3.63) is 35.4 Å². The topological polar surface area (TPSA) is 117 Å². The number of fused-ring (bicyclic) bond motifs is 1. The predicted octanol–water partition coefficient (Wildman–Crippen LogP) is 1.90. The van der Waals surface area contributed by atoms with Crippen molar-refractivity contribution in [2.45, 2.75) is 43.7 Å². The predicted molar refractivity (Wildman–Crippen MR) is 110 cm³/mol. The number of carbonyl (C=O) groups is 4. The van der Waals surface area contributed by atoms with Crippen molar-refractivity contribution < 1.29 is 23.9 Å². The van der Waals surface area contributed by atoms with Crippen molar-refractivity contribution in [3.8, 4) is 6.07 Å². The first-order valence-electron chi connectivity index (χ1n) is 9.77. The Morgan fingerprint density at radius 3 is 2.37 bits per heavy atom. The zero-order valence-corrected chi connectivity index (χ0v) is 17.5. The minimum Gasteiger partial charge on any atom is -0.454 e. The number of esters is 1. The summed E-state index contributed by atoms with van der Waals surface area (Å²) in [6.07, 6.45) is 4.90. The largest absolute Gasteiger partial charge is 0.454 e. The molecule has 9 heteroatoms. The number of amides is 3. The number of hydrogen-bond donors (Lipinski definition) is 1. The highest BCUT2D eigenvalue weighted by atomic mass is 32.2. The standard InChI is InChI=1S/C21H23N3O5S/c1-30-11-8-16(24-18(26)14-6-2-3-7-15(14)19(24)27)20(28)29-12-17(25)23-21(13-22)9-4-5-10-21/h2-3,6-7,16H,4-5,8-12H2,1H3,(H,23,25). The highest BCUT2D eigenvalue weighted by Gasteiger charge is 2.43.